The Morgan fingerprint density at radius 2 is 2.07 bits per heavy atom. The summed E-state index contributed by atoms with van der Waals surface area (Å²) in [5, 5.41) is 16.1. The molecule has 148 valence electrons. The van der Waals surface area contributed by atoms with Gasteiger partial charge < -0.3 is 5.32 Å². The van der Waals surface area contributed by atoms with Crippen LogP contribution in [0.4, 0.5) is 0 Å². The van der Waals surface area contributed by atoms with Gasteiger partial charge >= 0.3 is 0 Å². The Bertz CT molecular complexity index is 1210. The number of nitrogens with zero attached hydrogens (tertiary/aromatic N) is 4. The molecule has 9 heteroatoms. The maximum absolute atomic E-state index is 12.0. The molecule has 4 rings (SSSR count). The number of carbonyl (C=O) groups excluding carboxylic acids is 1. The maximum atomic E-state index is 12.0. The molecule has 0 bridgehead atoms. The molecule has 2 heterocycles. The first-order chi connectivity index (χ1) is 14.0. The number of aromatic nitrogens is 5. The number of aromatic amines is 1. The molecule has 0 fully saturated rings. The molecule has 7 nitrogen and oxygen atoms in total. The molecular weight excluding hydrogens is 411 g/mol. The van der Waals surface area contributed by atoms with E-state index in [2.05, 4.69) is 25.6 Å². The molecule has 1 amide bonds. The summed E-state index contributed by atoms with van der Waals surface area (Å²) in [5.41, 5.74) is 2.98. The Kier molecular flexibility index (Phi) is 5.25. The largest absolute Gasteiger partial charge is 0.352 e. The lowest BCUT2D eigenvalue weighted by atomic mass is 10.1. The van der Waals surface area contributed by atoms with E-state index in [1.807, 2.05) is 26.1 Å². The highest BCUT2D eigenvalue weighted by molar-refractivity contribution is 6.36. The average Bonchev–Trinajstić information content (AvgIpc) is 3.31. The Morgan fingerprint density at radius 1 is 1.24 bits per heavy atom. The van der Waals surface area contributed by atoms with Crippen molar-refractivity contribution in [1.29, 1.82) is 0 Å². The minimum absolute atomic E-state index is 0.167. The van der Waals surface area contributed by atoms with Crippen molar-refractivity contribution in [3.63, 3.8) is 0 Å². The molecule has 0 atom stereocenters. The lowest BCUT2D eigenvalue weighted by Crippen LogP contribution is -2.22. The number of hydrogen-bond donors (Lipinski definition) is 2. The fourth-order valence-corrected chi connectivity index (χ4v) is 3.67. The molecule has 0 radical (unpaired) electrons. The van der Waals surface area contributed by atoms with Gasteiger partial charge in [0.15, 0.2) is 5.82 Å². The van der Waals surface area contributed by atoms with Crippen LogP contribution in [0.3, 0.4) is 0 Å². The van der Waals surface area contributed by atoms with Gasteiger partial charge in [-0.3, -0.25) is 14.6 Å². The first kappa shape index (κ1) is 19.4. The van der Waals surface area contributed by atoms with Gasteiger partial charge in [-0.2, -0.15) is 10.2 Å². The number of fused-ring (bicyclic) bond motifs is 1. The van der Waals surface area contributed by atoms with Crippen molar-refractivity contribution in [2.24, 2.45) is 7.05 Å². The molecule has 4 aromatic rings. The van der Waals surface area contributed by atoms with Crippen LogP contribution in [0.5, 0.6) is 0 Å². The summed E-state index contributed by atoms with van der Waals surface area (Å²) in [5.74, 6) is 1.07. The SMILES string of the molecule is CCNC(=O)c1ccc(-c2nc(Cc3ccc4[nH]ncc4c3Cl)n(C)n2)c(Cl)c1. The van der Waals surface area contributed by atoms with E-state index in [1.54, 1.807) is 29.1 Å². The van der Waals surface area contributed by atoms with E-state index in [1.165, 1.54) is 0 Å². The van der Waals surface area contributed by atoms with E-state index in [0.29, 0.717) is 40.0 Å². The average molecular weight is 429 g/mol. The molecule has 0 aliphatic carbocycles. The van der Waals surface area contributed by atoms with Gasteiger partial charge in [0.05, 0.1) is 21.8 Å². The zero-order chi connectivity index (χ0) is 20.5. The maximum Gasteiger partial charge on any atom is 0.251 e. The number of rotatable bonds is 5. The monoisotopic (exact) mass is 428 g/mol. The molecule has 2 aromatic heterocycles. The van der Waals surface area contributed by atoms with Crippen molar-refractivity contribution in [2.45, 2.75) is 13.3 Å². The van der Waals surface area contributed by atoms with Crippen molar-refractivity contribution in [3.05, 3.63) is 63.5 Å². The van der Waals surface area contributed by atoms with E-state index < -0.39 is 0 Å². The predicted molar refractivity (Wildman–Crippen MR) is 113 cm³/mol. The van der Waals surface area contributed by atoms with Crippen molar-refractivity contribution < 1.29 is 4.79 Å². The minimum atomic E-state index is -0.167. The molecule has 0 spiro atoms. The van der Waals surface area contributed by atoms with Crippen molar-refractivity contribution >= 4 is 40.0 Å². The molecular formula is C20H18Cl2N6O. The van der Waals surface area contributed by atoms with Gasteiger partial charge in [0.2, 0.25) is 0 Å². The number of amides is 1. The number of H-pyrrole nitrogens is 1. The Morgan fingerprint density at radius 3 is 2.83 bits per heavy atom. The van der Waals surface area contributed by atoms with Crippen LogP contribution in [0.25, 0.3) is 22.3 Å². The van der Waals surface area contributed by atoms with E-state index >= 15 is 0 Å². The molecule has 0 aliphatic heterocycles. The number of benzene rings is 2. The summed E-state index contributed by atoms with van der Waals surface area (Å²) < 4.78 is 1.71. The van der Waals surface area contributed by atoms with Gasteiger partial charge in [0, 0.05) is 36.5 Å². The molecule has 0 aliphatic rings. The lowest BCUT2D eigenvalue weighted by molar-refractivity contribution is 0.0956. The van der Waals surface area contributed by atoms with E-state index in [0.717, 1.165) is 22.3 Å². The first-order valence-corrected chi connectivity index (χ1v) is 9.82. The Hall–Kier alpha value is -2.90. The summed E-state index contributed by atoms with van der Waals surface area (Å²) in [6, 6.07) is 8.99. The third-order valence-electron chi connectivity index (χ3n) is 4.65. The topological polar surface area (TPSA) is 88.5 Å². The smallest absolute Gasteiger partial charge is 0.251 e. The van der Waals surface area contributed by atoms with Crippen LogP contribution in [0, 0.1) is 0 Å². The van der Waals surface area contributed by atoms with Crippen molar-refractivity contribution in [1.82, 2.24) is 30.3 Å². The van der Waals surface area contributed by atoms with Crippen LogP contribution in [0.1, 0.15) is 28.7 Å². The Balaban J connectivity index is 1.64. The molecule has 2 N–H and O–H groups in total. The molecule has 0 saturated carbocycles. The number of halogens is 2. The van der Waals surface area contributed by atoms with Crippen LogP contribution in [0.15, 0.2) is 36.5 Å². The first-order valence-electron chi connectivity index (χ1n) is 9.06. The zero-order valence-corrected chi connectivity index (χ0v) is 17.3. The van der Waals surface area contributed by atoms with Gasteiger partial charge in [0.1, 0.15) is 5.82 Å². The second kappa shape index (κ2) is 7.85. The minimum Gasteiger partial charge on any atom is -0.352 e. The molecule has 29 heavy (non-hydrogen) atoms. The van der Waals surface area contributed by atoms with Crippen LogP contribution in [-0.4, -0.2) is 37.4 Å². The van der Waals surface area contributed by atoms with Crippen molar-refractivity contribution in [3.8, 4) is 11.4 Å². The van der Waals surface area contributed by atoms with Crippen LogP contribution in [-0.2, 0) is 13.5 Å². The van der Waals surface area contributed by atoms with Crippen LogP contribution < -0.4 is 5.32 Å². The van der Waals surface area contributed by atoms with Gasteiger partial charge in [-0.25, -0.2) is 4.98 Å². The van der Waals surface area contributed by atoms with Gasteiger partial charge in [0.25, 0.3) is 5.91 Å². The van der Waals surface area contributed by atoms with E-state index in [9.17, 15) is 4.79 Å². The third-order valence-corrected chi connectivity index (χ3v) is 5.41. The normalized spacial score (nSPS) is 11.2. The molecule has 2 aromatic carbocycles. The predicted octanol–water partition coefficient (Wildman–Crippen LogP) is 4.01. The number of carbonyl (C=O) groups is 1. The zero-order valence-electron chi connectivity index (χ0n) is 15.8. The lowest BCUT2D eigenvalue weighted by Gasteiger charge is -2.05. The highest BCUT2D eigenvalue weighted by Gasteiger charge is 2.16. The highest BCUT2D eigenvalue weighted by atomic mass is 35.5. The van der Waals surface area contributed by atoms with Gasteiger partial charge in [-0.1, -0.05) is 29.3 Å². The second-order valence-corrected chi connectivity index (χ2v) is 7.36. The van der Waals surface area contributed by atoms with E-state index in [4.69, 9.17) is 23.2 Å². The third kappa shape index (κ3) is 3.71. The fourth-order valence-electron chi connectivity index (χ4n) is 3.12. The standard InChI is InChI=1S/C20H18Cl2N6O/c1-3-23-20(29)12-4-6-13(15(21)8-12)19-25-17(28(2)27-19)9-11-5-7-16-14(18(11)22)10-24-26-16/h4-8,10H,3,9H2,1-2H3,(H,23,29)(H,24,26). The number of nitrogens with one attached hydrogen (secondary N) is 2. The summed E-state index contributed by atoms with van der Waals surface area (Å²) in [7, 11) is 1.83. The fraction of sp³-hybridized carbons (Fsp3) is 0.200. The van der Waals surface area contributed by atoms with Gasteiger partial charge in [-0.05, 0) is 36.8 Å². The van der Waals surface area contributed by atoms with E-state index in [-0.39, 0.29) is 5.91 Å². The second-order valence-electron chi connectivity index (χ2n) is 6.58. The molecule has 0 saturated heterocycles. The Labute approximate surface area is 177 Å². The number of aryl methyl sites for hydroxylation is 1. The summed E-state index contributed by atoms with van der Waals surface area (Å²) in [4.78, 5) is 16.6. The van der Waals surface area contributed by atoms with Crippen LogP contribution in [0.2, 0.25) is 10.0 Å². The highest BCUT2D eigenvalue weighted by Crippen LogP contribution is 2.29. The summed E-state index contributed by atoms with van der Waals surface area (Å²) in [6.45, 7) is 2.42. The number of hydrogen-bond acceptors (Lipinski definition) is 4. The summed E-state index contributed by atoms with van der Waals surface area (Å²) >= 11 is 12.9. The summed E-state index contributed by atoms with van der Waals surface area (Å²) in [6.07, 6.45) is 2.22. The van der Waals surface area contributed by atoms with Crippen LogP contribution >= 0.6 is 23.2 Å². The quantitative estimate of drug-likeness (QED) is 0.502. The van der Waals surface area contributed by atoms with Crippen molar-refractivity contribution in [2.75, 3.05) is 6.54 Å². The molecule has 0 unspecified atom stereocenters. The van der Waals surface area contributed by atoms with Gasteiger partial charge in [-0.15, -0.1) is 0 Å².